The van der Waals surface area contributed by atoms with Gasteiger partial charge in [0.2, 0.25) is 0 Å². The molecule has 1 aromatic heterocycles. The molecule has 0 saturated heterocycles. The molecule has 2 rings (SSSR count). The molecule has 0 aliphatic carbocycles. The quantitative estimate of drug-likeness (QED) is 0.908. The molecule has 1 aromatic carbocycles. The summed E-state index contributed by atoms with van der Waals surface area (Å²) in [5.74, 6) is -1.08. The fourth-order valence-corrected chi connectivity index (χ4v) is 1.90. The Labute approximate surface area is 116 Å². The van der Waals surface area contributed by atoms with Crippen molar-refractivity contribution in [2.45, 2.75) is 0 Å². The maximum atomic E-state index is 13.3. The Morgan fingerprint density at radius 3 is 2.89 bits per heavy atom. The van der Waals surface area contributed by atoms with Gasteiger partial charge in [0.15, 0.2) is 5.82 Å². The fourth-order valence-electron chi connectivity index (χ4n) is 1.34. The van der Waals surface area contributed by atoms with Gasteiger partial charge in [-0.1, -0.05) is 27.5 Å². The van der Waals surface area contributed by atoms with Crippen LogP contribution >= 0.6 is 27.5 Å². The molecule has 0 bridgehead atoms. The summed E-state index contributed by atoms with van der Waals surface area (Å²) in [6, 6.07) is 6.24. The second-order valence-electron chi connectivity index (χ2n) is 3.43. The van der Waals surface area contributed by atoms with Crippen molar-refractivity contribution in [3.8, 4) is 0 Å². The first-order valence-corrected chi connectivity index (χ1v) is 6.11. The van der Waals surface area contributed by atoms with E-state index in [0.29, 0.717) is 9.50 Å². The normalized spacial score (nSPS) is 10.2. The molecule has 2 aromatic rings. The molecule has 6 heteroatoms. The predicted molar refractivity (Wildman–Crippen MR) is 71.3 cm³/mol. The number of amides is 1. The van der Waals surface area contributed by atoms with E-state index in [1.807, 2.05) is 0 Å². The lowest BCUT2D eigenvalue weighted by atomic mass is 10.2. The van der Waals surface area contributed by atoms with Crippen molar-refractivity contribution in [3.63, 3.8) is 0 Å². The number of nitrogens with zero attached hydrogens (tertiary/aromatic N) is 1. The van der Waals surface area contributed by atoms with Crippen LogP contribution in [-0.4, -0.2) is 10.9 Å². The van der Waals surface area contributed by atoms with Crippen molar-refractivity contribution in [1.82, 2.24) is 4.98 Å². The second-order valence-corrected chi connectivity index (χ2v) is 4.76. The number of hydrogen-bond donors (Lipinski definition) is 1. The van der Waals surface area contributed by atoms with Gasteiger partial charge in [-0.15, -0.1) is 0 Å². The number of rotatable bonds is 2. The van der Waals surface area contributed by atoms with Crippen molar-refractivity contribution in [3.05, 3.63) is 57.5 Å². The maximum absolute atomic E-state index is 13.3. The Balaban J connectivity index is 2.28. The molecule has 0 spiro atoms. The summed E-state index contributed by atoms with van der Waals surface area (Å²) in [6.07, 6.45) is 2.42. The van der Waals surface area contributed by atoms with Gasteiger partial charge in [-0.05, 0) is 24.3 Å². The molecular formula is C12H7BrClFN2O. The lowest BCUT2D eigenvalue weighted by molar-refractivity contribution is 0.102. The Morgan fingerprint density at radius 2 is 2.17 bits per heavy atom. The highest BCUT2D eigenvalue weighted by molar-refractivity contribution is 9.10. The van der Waals surface area contributed by atoms with Crippen LogP contribution in [-0.2, 0) is 0 Å². The summed E-state index contributed by atoms with van der Waals surface area (Å²) in [6.45, 7) is 0. The molecule has 3 nitrogen and oxygen atoms in total. The second kappa shape index (κ2) is 5.46. The third-order valence-corrected chi connectivity index (χ3v) is 3.02. The topological polar surface area (TPSA) is 42.0 Å². The van der Waals surface area contributed by atoms with Crippen molar-refractivity contribution in [1.29, 1.82) is 0 Å². The van der Waals surface area contributed by atoms with Crippen LogP contribution in [0.2, 0.25) is 5.02 Å². The molecule has 0 aliphatic heterocycles. The van der Waals surface area contributed by atoms with E-state index in [0.717, 1.165) is 6.20 Å². The lowest BCUT2D eigenvalue weighted by Crippen LogP contribution is -2.13. The maximum Gasteiger partial charge on any atom is 0.257 e. The van der Waals surface area contributed by atoms with E-state index in [9.17, 15) is 9.18 Å². The number of benzene rings is 1. The van der Waals surface area contributed by atoms with Gasteiger partial charge in [0.25, 0.3) is 5.91 Å². The summed E-state index contributed by atoms with van der Waals surface area (Å²) >= 11 is 9.15. The summed E-state index contributed by atoms with van der Waals surface area (Å²) in [5, 5.41) is 2.73. The third kappa shape index (κ3) is 2.86. The minimum atomic E-state index is -0.600. The average Bonchev–Trinajstić information content (AvgIpc) is 2.35. The largest absolute Gasteiger partial charge is 0.319 e. The lowest BCUT2D eigenvalue weighted by Gasteiger charge is -2.07. The van der Waals surface area contributed by atoms with E-state index in [2.05, 4.69) is 26.2 Å². The molecule has 0 atom stereocenters. The molecule has 0 radical (unpaired) electrons. The van der Waals surface area contributed by atoms with Crippen LogP contribution in [0.25, 0.3) is 0 Å². The molecular weight excluding hydrogens is 322 g/mol. The van der Waals surface area contributed by atoms with Crippen LogP contribution in [0, 0.1) is 5.82 Å². The summed E-state index contributed by atoms with van der Waals surface area (Å²) < 4.78 is 14.0. The van der Waals surface area contributed by atoms with Crippen LogP contribution in [0.1, 0.15) is 10.4 Å². The zero-order chi connectivity index (χ0) is 13.1. The number of carbonyl (C=O) groups is 1. The van der Waals surface area contributed by atoms with E-state index < -0.39 is 11.7 Å². The molecule has 0 unspecified atom stereocenters. The SMILES string of the molecule is O=C(Nc1ccncc1F)c1cc(Br)ccc1Cl. The number of carbonyl (C=O) groups excluding carboxylic acids is 1. The Morgan fingerprint density at radius 1 is 1.39 bits per heavy atom. The Kier molecular flexibility index (Phi) is 3.93. The number of aromatic nitrogens is 1. The molecule has 1 heterocycles. The highest BCUT2D eigenvalue weighted by Crippen LogP contribution is 2.22. The van der Waals surface area contributed by atoms with Crippen LogP contribution < -0.4 is 5.32 Å². The number of pyridine rings is 1. The van der Waals surface area contributed by atoms with Gasteiger partial charge in [-0.3, -0.25) is 9.78 Å². The van der Waals surface area contributed by atoms with Gasteiger partial charge in [0, 0.05) is 10.7 Å². The minimum Gasteiger partial charge on any atom is -0.319 e. The summed E-state index contributed by atoms with van der Waals surface area (Å²) in [5.41, 5.74) is 0.327. The van der Waals surface area contributed by atoms with Crippen molar-refractivity contribution >= 4 is 39.1 Å². The number of halogens is 3. The molecule has 0 aliphatic rings. The molecule has 92 valence electrons. The fraction of sp³-hybridized carbons (Fsp3) is 0. The smallest absolute Gasteiger partial charge is 0.257 e. The Bertz CT molecular complexity index is 606. The first kappa shape index (κ1) is 13.0. The molecule has 0 saturated carbocycles. The zero-order valence-corrected chi connectivity index (χ0v) is 11.3. The molecule has 1 amide bonds. The van der Waals surface area contributed by atoms with Crippen LogP contribution in [0.3, 0.4) is 0 Å². The van der Waals surface area contributed by atoms with Gasteiger partial charge in [0.1, 0.15) is 0 Å². The van der Waals surface area contributed by atoms with Crippen LogP contribution in [0.5, 0.6) is 0 Å². The van der Waals surface area contributed by atoms with Crippen LogP contribution in [0.4, 0.5) is 10.1 Å². The third-order valence-electron chi connectivity index (χ3n) is 2.19. The number of anilines is 1. The van der Waals surface area contributed by atoms with Gasteiger partial charge >= 0.3 is 0 Å². The number of nitrogens with one attached hydrogen (secondary N) is 1. The predicted octanol–water partition coefficient (Wildman–Crippen LogP) is 3.89. The monoisotopic (exact) mass is 328 g/mol. The van der Waals surface area contributed by atoms with Gasteiger partial charge < -0.3 is 5.32 Å². The Hall–Kier alpha value is -1.46. The first-order valence-electron chi connectivity index (χ1n) is 4.94. The van der Waals surface area contributed by atoms with Gasteiger partial charge in [-0.2, -0.15) is 0 Å². The number of hydrogen-bond acceptors (Lipinski definition) is 2. The van der Waals surface area contributed by atoms with Gasteiger partial charge in [-0.25, -0.2) is 4.39 Å². The minimum absolute atomic E-state index is 0.0612. The zero-order valence-electron chi connectivity index (χ0n) is 8.95. The van der Waals surface area contributed by atoms with Crippen molar-refractivity contribution in [2.75, 3.05) is 5.32 Å². The highest BCUT2D eigenvalue weighted by Gasteiger charge is 2.12. The molecule has 0 fully saturated rings. The van der Waals surface area contributed by atoms with Gasteiger partial charge in [0.05, 0.1) is 22.5 Å². The molecule has 1 N–H and O–H groups in total. The average molecular weight is 330 g/mol. The summed E-state index contributed by atoms with van der Waals surface area (Å²) in [4.78, 5) is 15.5. The van der Waals surface area contributed by atoms with E-state index in [1.54, 1.807) is 18.2 Å². The van der Waals surface area contributed by atoms with Crippen LogP contribution in [0.15, 0.2) is 41.1 Å². The van der Waals surface area contributed by atoms with E-state index >= 15 is 0 Å². The van der Waals surface area contributed by atoms with E-state index in [1.165, 1.54) is 12.3 Å². The van der Waals surface area contributed by atoms with E-state index in [4.69, 9.17) is 11.6 Å². The summed E-state index contributed by atoms with van der Waals surface area (Å²) in [7, 11) is 0. The van der Waals surface area contributed by atoms with Crippen molar-refractivity contribution < 1.29 is 9.18 Å². The van der Waals surface area contributed by atoms with E-state index in [-0.39, 0.29) is 11.3 Å². The van der Waals surface area contributed by atoms with Crippen molar-refractivity contribution in [2.24, 2.45) is 0 Å². The highest BCUT2D eigenvalue weighted by atomic mass is 79.9. The standard InChI is InChI=1S/C12H7BrClFN2O/c13-7-1-2-9(14)8(5-7)12(18)17-11-3-4-16-6-10(11)15/h1-6H,(H,16,17,18). The first-order chi connectivity index (χ1) is 8.58. The molecule has 18 heavy (non-hydrogen) atoms.